The summed E-state index contributed by atoms with van der Waals surface area (Å²) in [5.41, 5.74) is 0.524. The molecule has 5 heteroatoms. The molecule has 0 fully saturated rings. The lowest BCUT2D eigenvalue weighted by atomic mass is 9.99. The van der Waals surface area contributed by atoms with Gasteiger partial charge >= 0.3 is 0 Å². The Morgan fingerprint density at radius 2 is 1.86 bits per heavy atom. The SMILES string of the molecule is O=C1CCN(C(=O)c2cc(F)ccc2F)c2ccccc21. The summed E-state index contributed by atoms with van der Waals surface area (Å²) in [7, 11) is 0. The second kappa shape index (κ2) is 5.09. The number of carbonyl (C=O) groups excluding carboxylic acids is 2. The fraction of sp³-hybridized carbons (Fsp3) is 0.125. The highest BCUT2D eigenvalue weighted by atomic mass is 19.1. The fourth-order valence-electron chi connectivity index (χ4n) is 2.43. The molecule has 0 aromatic heterocycles. The van der Waals surface area contributed by atoms with Crippen LogP contribution in [-0.4, -0.2) is 18.2 Å². The van der Waals surface area contributed by atoms with E-state index in [-0.39, 0.29) is 24.3 Å². The van der Waals surface area contributed by atoms with Crippen LogP contribution in [0.15, 0.2) is 42.5 Å². The lowest BCUT2D eigenvalue weighted by Gasteiger charge is -2.28. The quantitative estimate of drug-likeness (QED) is 0.807. The molecular formula is C16H11F2NO2. The number of hydrogen-bond acceptors (Lipinski definition) is 2. The summed E-state index contributed by atoms with van der Waals surface area (Å²) in [6.45, 7) is 0.157. The Morgan fingerprint density at radius 3 is 2.67 bits per heavy atom. The second-order valence-electron chi connectivity index (χ2n) is 4.77. The van der Waals surface area contributed by atoms with Crippen molar-refractivity contribution in [2.75, 3.05) is 11.4 Å². The van der Waals surface area contributed by atoms with Crippen molar-refractivity contribution in [1.29, 1.82) is 0 Å². The Balaban J connectivity index is 2.05. The average Bonchev–Trinajstić information content (AvgIpc) is 2.50. The van der Waals surface area contributed by atoms with Crippen molar-refractivity contribution >= 4 is 17.4 Å². The van der Waals surface area contributed by atoms with E-state index in [0.29, 0.717) is 11.3 Å². The summed E-state index contributed by atoms with van der Waals surface area (Å²) in [6.07, 6.45) is 0.166. The Labute approximate surface area is 119 Å². The molecule has 106 valence electrons. The van der Waals surface area contributed by atoms with Crippen LogP contribution in [0.1, 0.15) is 27.1 Å². The number of rotatable bonds is 1. The van der Waals surface area contributed by atoms with Crippen LogP contribution in [0.25, 0.3) is 0 Å². The Morgan fingerprint density at radius 1 is 1.10 bits per heavy atom. The summed E-state index contributed by atoms with van der Waals surface area (Å²) in [5.74, 6) is -2.17. The lowest BCUT2D eigenvalue weighted by Crippen LogP contribution is -2.37. The van der Waals surface area contributed by atoms with Gasteiger partial charge in [0.15, 0.2) is 5.78 Å². The molecule has 0 N–H and O–H groups in total. The number of ketones is 1. The first kappa shape index (κ1) is 13.4. The Kier molecular flexibility index (Phi) is 3.25. The minimum atomic E-state index is -0.782. The van der Waals surface area contributed by atoms with Gasteiger partial charge in [-0.05, 0) is 30.3 Å². The van der Waals surface area contributed by atoms with Gasteiger partial charge in [0.05, 0.1) is 11.3 Å². The van der Waals surface area contributed by atoms with Crippen molar-refractivity contribution in [2.24, 2.45) is 0 Å². The molecule has 1 amide bonds. The second-order valence-corrected chi connectivity index (χ2v) is 4.77. The van der Waals surface area contributed by atoms with E-state index in [2.05, 4.69) is 0 Å². The number of nitrogens with zero attached hydrogens (tertiary/aromatic N) is 1. The average molecular weight is 287 g/mol. The van der Waals surface area contributed by atoms with Crippen molar-refractivity contribution in [3.05, 3.63) is 65.2 Å². The summed E-state index contributed by atoms with van der Waals surface area (Å²) in [4.78, 5) is 25.6. The van der Waals surface area contributed by atoms with Crippen LogP contribution in [0.2, 0.25) is 0 Å². The highest BCUT2D eigenvalue weighted by Gasteiger charge is 2.29. The van der Waals surface area contributed by atoms with Crippen molar-refractivity contribution in [2.45, 2.75) is 6.42 Å². The zero-order valence-electron chi connectivity index (χ0n) is 11.0. The summed E-state index contributed by atoms with van der Waals surface area (Å²) >= 11 is 0. The monoisotopic (exact) mass is 287 g/mol. The maximum absolute atomic E-state index is 13.7. The van der Waals surface area contributed by atoms with Crippen LogP contribution in [0.4, 0.5) is 14.5 Å². The third kappa shape index (κ3) is 2.31. The van der Waals surface area contributed by atoms with Gasteiger partial charge in [-0.25, -0.2) is 8.78 Å². The Bertz CT molecular complexity index is 743. The molecule has 0 saturated carbocycles. The van der Waals surface area contributed by atoms with Crippen molar-refractivity contribution in [3.8, 4) is 0 Å². The van der Waals surface area contributed by atoms with Gasteiger partial charge < -0.3 is 4.90 Å². The van der Waals surface area contributed by atoms with Crippen LogP contribution in [0, 0.1) is 11.6 Å². The van der Waals surface area contributed by atoms with E-state index in [1.54, 1.807) is 24.3 Å². The van der Waals surface area contributed by atoms with E-state index in [9.17, 15) is 18.4 Å². The molecular weight excluding hydrogens is 276 g/mol. The predicted octanol–water partition coefficient (Wildman–Crippen LogP) is 3.20. The number of carbonyl (C=O) groups is 2. The number of Topliss-reactive ketones (excluding diaryl/α,β-unsaturated/α-hetero) is 1. The molecule has 0 saturated heterocycles. The summed E-state index contributed by atoms with van der Waals surface area (Å²) < 4.78 is 27.0. The predicted molar refractivity (Wildman–Crippen MR) is 73.4 cm³/mol. The first-order chi connectivity index (χ1) is 10.1. The number of amides is 1. The molecule has 1 aliphatic heterocycles. The third-order valence-electron chi connectivity index (χ3n) is 3.46. The molecule has 21 heavy (non-hydrogen) atoms. The van der Waals surface area contributed by atoms with E-state index >= 15 is 0 Å². The lowest BCUT2D eigenvalue weighted by molar-refractivity contribution is 0.0953. The van der Waals surface area contributed by atoms with E-state index < -0.39 is 17.5 Å². The molecule has 1 aliphatic rings. The zero-order valence-corrected chi connectivity index (χ0v) is 11.0. The normalized spacial score (nSPS) is 14.0. The molecule has 2 aromatic carbocycles. The number of fused-ring (bicyclic) bond motifs is 1. The van der Waals surface area contributed by atoms with Crippen LogP contribution in [0.5, 0.6) is 0 Å². The van der Waals surface area contributed by atoms with Crippen molar-refractivity contribution in [3.63, 3.8) is 0 Å². The topological polar surface area (TPSA) is 37.4 Å². The molecule has 0 bridgehead atoms. The van der Waals surface area contributed by atoms with Crippen LogP contribution < -0.4 is 4.90 Å². The third-order valence-corrected chi connectivity index (χ3v) is 3.46. The summed E-state index contributed by atoms with van der Waals surface area (Å²) in [6, 6.07) is 9.40. The van der Waals surface area contributed by atoms with E-state index in [1.165, 1.54) is 4.90 Å². The fourth-order valence-corrected chi connectivity index (χ4v) is 2.43. The molecule has 0 spiro atoms. The maximum atomic E-state index is 13.7. The first-order valence-corrected chi connectivity index (χ1v) is 6.47. The van der Waals surface area contributed by atoms with Gasteiger partial charge in [0.2, 0.25) is 0 Å². The van der Waals surface area contributed by atoms with Gasteiger partial charge in [0, 0.05) is 18.5 Å². The van der Waals surface area contributed by atoms with Gasteiger partial charge in [-0.3, -0.25) is 9.59 Å². The molecule has 0 aliphatic carbocycles. The standard InChI is InChI=1S/C16H11F2NO2/c17-10-5-6-13(18)12(9-10)16(21)19-8-7-15(20)11-3-1-2-4-14(11)19/h1-6,9H,7-8H2. The smallest absolute Gasteiger partial charge is 0.261 e. The largest absolute Gasteiger partial charge is 0.307 e. The molecule has 0 radical (unpaired) electrons. The van der Waals surface area contributed by atoms with Crippen LogP contribution in [0.3, 0.4) is 0 Å². The van der Waals surface area contributed by atoms with Crippen molar-refractivity contribution < 1.29 is 18.4 Å². The van der Waals surface area contributed by atoms with Gasteiger partial charge in [0.25, 0.3) is 5.91 Å². The van der Waals surface area contributed by atoms with Crippen molar-refractivity contribution in [1.82, 2.24) is 0 Å². The minimum Gasteiger partial charge on any atom is -0.307 e. The number of halogens is 2. The van der Waals surface area contributed by atoms with Gasteiger partial charge in [-0.15, -0.1) is 0 Å². The highest BCUT2D eigenvalue weighted by Crippen LogP contribution is 2.28. The number of hydrogen-bond donors (Lipinski definition) is 0. The molecule has 2 aromatic rings. The highest BCUT2D eigenvalue weighted by molar-refractivity contribution is 6.13. The molecule has 3 rings (SSSR count). The molecule has 3 nitrogen and oxygen atoms in total. The van der Waals surface area contributed by atoms with Gasteiger partial charge in [-0.1, -0.05) is 12.1 Å². The molecule has 0 atom stereocenters. The Hall–Kier alpha value is -2.56. The first-order valence-electron chi connectivity index (χ1n) is 6.47. The number of anilines is 1. The maximum Gasteiger partial charge on any atom is 0.261 e. The summed E-state index contributed by atoms with van der Waals surface area (Å²) in [5, 5.41) is 0. The zero-order chi connectivity index (χ0) is 15.0. The number of benzene rings is 2. The van der Waals surface area contributed by atoms with E-state index in [1.807, 2.05) is 0 Å². The van der Waals surface area contributed by atoms with E-state index in [0.717, 1.165) is 18.2 Å². The number of para-hydroxylation sites is 1. The van der Waals surface area contributed by atoms with Gasteiger partial charge in [-0.2, -0.15) is 0 Å². The van der Waals surface area contributed by atoms with Crippen LogP contribution in [-0.2, 0) is 0 Å². The minimum absolute atomic E-state index is 0.0608. The van der Waals surface area contributed by atoms with Gasteiger partial charge in [0.1, 0.15) is 11.6 Å². The molecule has 0 unspecified atom stereocenters. The molecule has 1 heterocycles. The van der Waals surface area contributed by atoms with Crippen LogP contribution >= 0.6 is 0 Å². The van der Waals surface area contributed by atoms with E-state index in [4.69, 9.17) is 0 Å².